The highest BCUT2D eigenvalue weighted by Crippen LogP contribution is 2.39. The lowest BCUT2D eigenvalue weighted by Gasteiger charge is -2.05. The lowest BCUT2D eigenvalue weighted by Crippen LogP contribution is -1.91. The number of hydrogen-bond acceptors (Lipinski definition) is 3. The predicted octanol–water partition coefficient (Wildman–Crippen LogP) is 5.15. The Bertz CT molecular complexity index is 802. The molecule has 6 heteroatoms. The Morgan fingerprint density at radius 1 is 1.14 bits per heavy atom. The molecule has 0 bridgehead atoms. The van der Waals surface area contributed by atoms with E-state index < -0.39 is 5.82 Å². The highest BCUT2D eigenvalue weighted by atomic mass is 79.9. The Labute approximate surface area is 133 Å². The van der Waals surface area contributed by atoms with Crippen molar-refractivity contribution in [2.75, 3.05) is 5.73 Å². The quantitative estimate of drug-likeness (QED) is 0.682. The molecule has 21 heavy (non-hydrogen) atoms. The summed E-state index contributed by atoms with van der Waals surface area (Å²) >= 11 is 9.19. The van der Waals surface area contributed by atoms with Gasteiger partial charge in [-0.1, -0.05) is 57.0 Å². The number of benzene rings is 2. The van der Waals surface area contributed by atoms with Gasteiger partial charge >= 0.3 is 0 Å². The van der Waals surface area contributed by atoms with Gasteiger partial charge in [-0.15, -0.1) is 0 Å². The van der Waals surface area contributed by atoms with Crippen LogP contribution in [0.3, 0.4) is 0 Å². The second-order valence-corrected chi connectivity index (χ2v) is 5.70. The minimum absolute atomic E-state index is 0.0230. The third-order valence-electron chi connectivity index (χ3n) is 3.06. The van der Waals surface area contributed by atoms with Crippen LogP contribution >= 0.6 is 27.5 Å². The summed E-state index contributed by atoms with van der Waals surface area (Å²) in [6.45, 7) is 0. The molecule has 2 aromatic carbocycles. The molecule has 3 rings (SSSR count). The van der Waals surface area contributed by atoms with Crippen LogP contribution in [-0.2, 0) is 0 Å². The molecule has 0 radical (unpaired) electrons. The van der Waals surface area contributed by atoms with Gasteiger partial charge < -0.3 is 10.3 Å². The number of nitrogen functional groups attached to an aromatic ring is 1. The first-order valence-electron chi connectivity index (χ1n) is 6.03. The van der Waals surface area contributed by atoms with Gasteiger partial charge in [-0.3, -0.25) is 0 Å². The fourth-order valence-electron chi connectivity index (χ4n) is 2.06. The fraction of sp³-hybridized carbons (Fsp3) is 0. The Kier molecular flexibility index (Phi) is 3.69. The molecule has 1 aromatic heterocycles. The van der Waals surface area contributed by atoms with Gasteiger partial charge in [0.2, 0.25) is 5.88 Å². The van der Waals surface area contributed by atoms with Crippen molar-refractivity contribution >= 4 is 33.4 Å². The normalized spacial score (nSPS) is 10.8. The molecule has 1 heterocycles. The predicted molar refractivity (Wildman–Crippen MR) is 84.5 cm³/mol. The molecule has 0 aliphatic heterocycles. The monoisotopic (exact) mass is 366 g/mol. The topological polar surface area (TPSA) is 52.0 Å². The van der Waals surface area contributed by atoms with E-state index in [4.69, 9.17) is 21.9 Å². The van der Waals surface area contributed by atoms with Crippen LogP contribution in [-0.4, -0.2) is 5.16 Å². The molecule has 0 saturated heterocycles. The van der Waals surface area contributed by atoms with E-state index in [1.54, 1.807) is 12.1 Å². The van der Waals surface area contributed by atoms with Gasteiger partial charge in [-0.05, 0) is 18.2 Å². The molecule has 0 aliphatic carbocycles. The van der Waals surface area contributed by atoms with Crippen LogP contribution < -0.4 is 5.73 Å². The van der Waals surface area contributed by atoms with Crippen LogP contribution in [0.5, 0.6) is 0 Å². The van der Waals surface area contributed by atoms with Gasteiger partial charge in [0.15, 0.2) is 0 Å². The third-order valence-corrected chi connectivity index (χ3v) is 3.88. The van der Waals surface area contributed by atoms with Crippen molar-refractivity contribution in [1.82, 2.24) is 5.16 Å². The maximum Gasteiger partial charge on any atom is 0.230 e. The first-order valence-corrected chi connectivity index (χ1v) is 7.20. The maximum absolute atomic E-state index is 14.2. The van der Waals surface area contributed by atoms with E-state index in [0.29, 0.717) is 11.3 Å². The summed E-state index contributed by atoms with van der Waals surface area (Å²) in [5.41, 5.74) is 7.72. The second-order valence-electron chi connectivity index (χ2n) is 4.38. The summed E-state index contributed by atoms with van der Waals surface area (Å²) in [7, 11) is 0. The van der Waals surface area contributed by atoms with Crippen molar-refractivity contribution in [3.63, 3.8) is 0 Å². The van der Waals surface area contributed by atoms with Gasteiger partial charge in [0.05, 0.1) is 10.6 Å². The smallest absolute Gasteiger partial charge is 0.230 e. The van der Waals surface area contributed by atoms with Crippen molar-refractivity contribution in [1.29, 1.82) is 0 Å². The molecule has 3 aromatic rings. The average Bonchev–Trinajstić information content (AvgIpc) is 2.85. The van der Waals surface area contributed by atoms with E-state index in [0.717, 1.165) is 10.0 Å². The highest BCUT2D eigenvalue weighted by molar-refractivity contribution is 9.10. The van der Waals surface area contributed by atoms with Gasteiger partial charge in [-0.25, -0.2) is 4.39 Å². The van der Waals surface area contributed by atoms with Crippen molar-refractivity contribution in [2.24, 2.45) is 0 Å². The standard InChI is InChI=1S/C15H9BrClFN2O/c16-9-6-4-8(5-7-9)14-12(15(19)21-20-14)10-2-1-3-11(17)13(10)18/h1-7H,19H2. The van der Waals surface area contributed by atoms with Crippen LogP contribution in [0.25, 0.3) is 22.4 Å². The lowest BCUT2D eigenvalue weighted by atomic mass is 10.0. The van der Waals surface area contributed by atoms with Crippen molar-refractivity contribution < 1.29 is 8.91 Å². The van der Waals surface area contributed by atoms with Crippen molar-refractivity contribution in [2.45, 2.75) is 0 Å². The Balaban J connectivity index is 2.22. The number of halogens is 3. The third kappa shape index (κ3) is 2.54. The van der Waals surface area contributed by atoms with Crippen molar-refractivity contribution in [3.8, 4) is 22.4 Å². The zero-order chi connectivity index (χ0) is 15.0. The van der Waals surface area contributed by atoms with E-state index in [9.17, 15) is 4.39 Å². The van der Waals surface area contributed by atoms with Crippen LogP contribution in [0.2, 0.25) is 5.02 Å². The van der Waals surface area contributed by atoms with E-state index in [1.807, 2.05) is 24.3 Å². The van der Waals surface area contributed by atoms with Gasteiger partial charge in [0.25, 0.3) is 0 Å². The zero-order valence-corrected chi connectivity index (χ0v) is 13.0. The van der Waals surface area contributed by atoms with Crippen LogP contribution in [0, 0.1) is 5.82 Å². The minimum atomic E-state index is -0.549. The molecule has 0 amide bonds. The van der Waals surface area contributed by atoms with Gasteiger partial charge in [-0.2, -0.15) is 0 Å². The number of nitrogens with two attached hydrogens (primary N) is 1. The number of aromatic nitrogens is 1. The number of rotatable bonds is 2. The second kappa shape index (κ2) is 5.50. The summed E-state index contributed by atoms with van der Waals surface area (Å²) in [5, 5.41) is 3.96. The van der Waals surface area contributed by atoms with Crippen LogP contribution in [0.15, 0.2) is 51.5 Å². The SMILES string of the molecule is Nc1onc(-c2ccc(Br)cc2)c1-c1cccc(Cl)c1F. The molecule has 0 atom stereocenters. The van der Waals surface area contributed by atoms with Crippen LogP contribution in [0.4, 0.5) is 10.3 Å². The lowest BCUT2D eigenvalue weighted by molar-refractivity contribution is 0.439. The van der Waals surface area contributed by atoms with Crippen molar-refractivity contribution in [3.05, 3.63) is 57.8 Å². The van der Waals surface area contributed by atoms with E-state index >= 15 is 0 Å². The highest BCUT2D eigenvalue weighted by Gasteiger charge is 2.21. The molecule has 2 N–H and O–H groups in total. The number of anilines is 1. The first kappa shape index (κ1) is 14.1. The Morgan fingerprint density at radius 2 is 1.86 bits per heavy atom. The summed E-state index contributed by atoms with van der Waals surface area (Å²) in [5.74, 6) is -0.499. The fourth-order valence-corrected chi connectivity index (χ4v) is 2.50. The number of nitrogens with zero attached hydrogens (tertiary/aromatic N) is 1. The largest absolute Gasteiger partial charge is 0.367 e. The summed E-state index contributed by atoms with van der Waals surface area (Å²) in [4.78, 5) is 0. The molecular formula is C15H9BrClFN2O. The molecular weight excluding hydrogens is 359 g/mol. The van der Waals surface area contributed by atoms with Crippen LogP contribution in [0.1, 0.15) is 0 Å². The zero-order valence-electron chi connectivity index (χ0n) is 10.6. The van der Waals surface area contributed by atoms with E-state index in [1.165, 1.54) is 6.07 Å². The summed E-state index contributed by atoms with van der Waals surface area (Å²) in [6, 6.07) is 12.1. The Hall–Kier alpha value is -1.85. The first-order chi connectivity index (χ1) is 10.1. The Morgan fingerprint density at radius 3 is 2.57 bits per heavy atom. The molecule has 106 valence electrons. The van der Waals surface area contributed by atoms with E-state index in [-0.39, 0.29) is 16.5 Å². The maximum atomic E-state index is 14.2. The molecule has 3 nitrogen and oxygen atoms in total. The van der Waals surface area contributed by atoms with Gasteiger partial charge in [0, 0.05) is 15.6 Å². The average molecular weight is 368 g/mol. The van der Waals surface area contributed by atoms with Gasteiger partial charge in [0.1, 0.15) is 11.5 Å². The molecule has 0 saturated carbocycles. The summed E-state index contributed by atoms with van der Waals surface area (Å²) in [6.07, 6.45) is 0. The molecule has 0 fully saturated rings. The number of hydrogen-bond donors (Lipinski definition) is 1. The molecule has 0 aliphatic rings. The molecule has 0 unspecified atom stereocenters. The van der Waals surface area contributed by atoms with E-state index in [2.05, 4.69) is 21.1 Å². The molecule has 0 spiro atoms. The summed E-state index contributed by atoms with van der Waals surface area (Å²) < 4.78 is 20.2. The minimum Gasteiger partial charge on any atom is -0.367 e.